The predicted molar refractivity (Wildman–Crippen MR) is 78.9 cm³/mol. The fourth-order valence-electron chi connectivity index (χ4n) is 2.32. The summed E-state index contributed by atoms with van der Waals surface area (Å²) >= 11 is 0. The van der Waals surface area contributed by atoms with E-state index < -0.39 is 11.7 Å². The Morgan fingerprint density at radius 1 is 1.57 bits per heavy atom. The minimum atomic E-state index is -0.499. The minimum Gasteiger partial charge on any atom is -0.444 e. The first kappa shape index (κ1) is 15.1. The molecule has 1 amide bonds. The van der Waals surface area contributed by atoms with Crippen molar-refractivity contribution in [2.24, 2.45) is 0 Å². The summed E-state index contributed by atoms with van der Waals surface area (Å²) < 4.78 is 5.25. The summed E-state index contributed by atoms with van der Waals surface area (Å²) in [5.74, 6) is 0. The maximum atomic E-state index is 11.8. The van der Waals surface area contributed by atoms with E-state index in [2.05, 4.69) is 21.3 Å². The van der Waals surface area contributed by atoms with Crippen LogP contribution in [0, 0.1) is 11.3 Å². The summed E-state index contributed by atoms with van der Waals surface area (Å²) in [4.78, 5) is 17.8. The van der Waals surface area contributed by atoms with Gasteiger partial charge in [0.2, 0.25) is 0 Å². The molecule has 1 atom stereocenters. The summed E-state index contributed by atoms with van der Waals surface area (Å²) in [6.07, 6.45) is 3.66. The summed E-state index contributed by atoms with van der Waals surface area (Å²) in [5.41, 5.74) is 0.915. The monoisotopic (exact) mass is 288 g/mol. The molecule has 0 radical (unpaired) electrons. The summed E-state index contributed by atoms with van der Waals surface area (Å²) in [6, 6.07) is 4.00. The van der Waals surface area contributed by atoms with Crippen LogP contribution in [0.15, 0.2) is 18.5 Å². The number of nitrogens with zero attached hydrogens (tertiary/aromatic N) is 3. The van der Waals surface area contributed by atoms with E-state index in [1.54, 1.807) is 12.4 Å². The second-order valence-electron chi connectivity index (χ2n) is 6.08. The van der Waals surface area contributed by atoms with Gasteiger partial charge in [0.15, 0.2) is 0 Å². The number of alkyl carbamates (subject to hydrolysis) is 1. The van der Waals surface area contributed by atoms with Crippen LogP contribution in [0.2, 0.25) is 0 Å². The fraction of sp³-hybridized carbons (Fsp3) is 0.533. The van der Waals surface area contributed by atoms with E-state index in [0.717, 1.165) is 18.7 Å². The Balaban J connectivity index is 1.95. The van der Waals surface area contributed by atoms with Crippen molar-refractivity contribution < 1.29 is 9.53 Å². The number of aromatic nitrogens is 1. The maximum absolute atomic E-state index is 11.8. The number of carbonyl (C=O) groups excluding carboxylic acids is 1. The molecule has 0 unspecified atom stereocenters. The van der Waals surface area contributed by atoms with Crippen LogP contribution in [0.5, 0.6) is 0 Å². The van der Waals surface area contributed by atoms with Crippen LogP contribution in [-0.4, -0.2) is 35.8 Å². The standard InChI is InChI=1S/C15H20N4O2/c1-15(2,3)21-14(20)18-12-5-7-19(10-12)13-4-6-17-9-11(13)8-16/h4,6,9,12H,5,7,10H2,1-3H3,(H,18,20)/t12-/m0/s1. The molecule has 1 aromatic heterocycles. The van der Waals surface area contributed by atoms with Crippen molar-refractivity contribution in [2.45, 2.75) is 38.8 Å². The van der Waals surface area contributed by atoms with Gasteiger partial charge in [0.05, 0.1) is 17.3 Å². The van der Waals surface area contributed by atoms with Crippen LogP contribution in [0.3, 0.4) is 0 Å². The normalized spacial score (nSPS) is 18.2. The molecular formula is C15H20N4O2. The Kier molecular flexibility index (Phi) is 4.32. The summed E-state index contributed by atoms with van der Waals surface area (Å²) in [7, 11) is 0. The third-order valence-corrected chi connectivity index (χ3v) is 3.17. The third kappa shape index (κ3) is 4.09. The molecule has 6 nitrogen and oxygen atoms in total. The van der Waals surface area contributed by atoms with Crippen molar-refractivity contribution in [3.05, 3.63) is 24.0 Å². The van der Waals surface area contributed by atoms with Crippen molar-refractivity contribution >= 4 is 11.8 Å². The number of hydrogen-bond acceptors (Lipinski definition) is 5. The zero-order chi connectivity index (χ0) is 15.5. The van der Waals surface area contributed by atoms with Gasteiger partial charge in [-0.25, -0.2) is 4.79 Å². The smallest absolute Gasteiger partial charge is 0.407 e. The van der Waals surface area contributed by atoms with Crippen LogP contribution in [0.1, 0.15) is 32.8 Å². The Morgan fingerprint density at radius 3 is 3.00 bits per heavy atom. The highest BCUT2D eigenvalue weighted by Gasteiger charge is 2.27. The van der Waals surface area contributed by atoms with Gasteiger partial charge in [-0.2, -0.15) is 5.26 Å². The van der Waals surface area contributed by atoms with Crippen molar-refractivity contribution in [3.8, 4) is 6.07 Å². The number of anilines is 1. The first-order valence-electron chi connectivity index (χ1n) is 6.97. The molecule has 0 bridgehead atoms. The zero-order valence-electron chi connectivity index (χ0n) is 12.6. The van der Waals surface area contributed by atoms with Crippen LogP contribution in [0.25, 0.3) is 0 Å². The highest BCUT2D eigenvalue weighted by atomic mass is 16.6. The van der Waals surface area contributed by atoms with Crippen molar-refractivity contribution in [1.29, 1.82) is 5.26 Å². The third-order valence-electron chi connectivity index (χ3n) is 3.17. The molecule has 1 aliphatic rings. The summed E-state index contributed by atoms with van der Waals surface area (Å²) in [6.45, 7) is 6.97. The van der Waals surface area contributed by atoms with Gasteiger partial charge in [-0.1, -0.05) is 0 Å². The average molecular weight is 288 g/mol. The number of pyridine rings is 1. The predicted octanol–water partition coefficient (Wildman–Crippen LogP) is 2.06. The second kappa shape index (κ2) is 6.00. The lowest BCUT2D eigenvalue weighted by atomic mass is 10.2. The molecule has 0 aliphatic carbocycles. The lowest BCUT2D eigenvalue weighted by molar-refractivity contribution is 0.0509. The molecule has 0 aromatic carbocycles. The number of nitriles is 1. The van der Waals surface area contributed by atoms with Gasteiger partial charge in [-0.15, -0.1) is 0 Å². The van der Waals surface area contributed by atoms with Gasteiger partial charge >= 0.3 is 6.09 Å². The minimum absolute atomic E-state index is 0.0274. The van der Waals surface area contributed by atoms with Crippen LogP contribution in [-0.2, 0) is 4.74 Å². The molecule has 1 aromatic rings. The summed E-state index contributed by atoms with van der Waals surface area (Å²) in [5, 5.41) is 12.0. The first-order chi connectivity index (χ1) is 9.89. The Bertz CT molecular complexity index is 560. The number of nitrogens with one attached hydrogen (secondary N) is 1. The van der Waals surface area contributed by atoms with Crippen LogP contribution in [0.4, 0.5) is 10.5 Å². The zero-order valence-corrected chi connectivity index (χ0v) is 12.6. The van der Waals surface area contributed by atoms with E-state index in [9.17, 15) is 4.79 Å². The average Bonchev–Trinajstić information content (AvgIpc) is 2.84. The number of ether oxygens (including phenoxy) is 1. The highest BCUT2D eigenvalue weighted by Crippen LogP contribution is 2.23. The fourth-order valence-corrected chi connectivity index (χ4v) is 2.32. The molecule has 1 aliphatic heterocycles. The first-order valence-corrected chi connectivity index (χ1v) is 6.97. The van der Waals surface area contributed by atoms with E-state index >= 15 is 0 Å². The van der Waals surface area contributed by atoms with Crippen molar-refractivity contribution in [3.63, 3.8) is 0 Å². The SMILES string of the molecule is CC(C)(C)OC(=O)N[C@H]1CCN(c2ccncc2C#N)C1. The lowest BCUT2D eigenvalue weighted by Crippen LogP contribution is -2.40. The molecule has 112 valence electrons. The van der Waals surface area contributed by atoms with Gasteiger partial charge in [-0.05, 0) is 33.3 Å². The molecule has 0 saturated carbocycles. The van der Waals surface area contributed by atoms with E-state index in [0.29, 0.717) is 12.1 Å². The topological polar surface area (TPSA) is 78.2 Å². The van der Waals surface area contributed by atoms with Crippen LogP contribution >= 0.6 is 0 Å². The largest absolute Gasteiger partial charge is 0.444 e. The van der Waals surface area contributed by atoms with E-state index in [1.807, 2.05) is 26.8 Å². The number of amides is 1. The second-order valence-corrected chi connectivity index (χ2v) is 6.08. The van der Waals surface area contributed by atoms with Gasteiger partial charge in [0.25, 0.3) is 0 Å². The molecule has 6 heteroatoms. The highest BCUT2D eigenvalue weighted by molar-refractivity contribution is 5.68. The Hall–Kier alpha value is -2.29. The van der Waals surface area contributed by atoms with Gasteiger partial charge in [0.1, 0.15) is 11.7 Å². The van der Waals surface area contributed by atoms with Crippen LogP contribution < -0.4 is 10.2 Å². The maximum Gasteiger partial charge on any atom is 0.407 e. The quantitative estimate of drug-likeness (QED) is 0.901. The number of hydrogen-bond donors (Lipinski definition) is 1. The van der Waals surface area contributed by atoms with Crippen molar-refractivity contribution in [1.82, 2.24) is 10.3 Å². The van der Waals surface area contributed by atoms with Crippen molar-refractivity contribution in [2.75, 3.05) is 18.0 Å². The molecule has 2 rings (SSSR count). The van der Waals surface area contributed by atoms with Gasteiger partial charge in [-0.3, -0.25) is 4.98 Å². The van der Waals surface area contributed by atoms with E-state index in [4.69, 9.17) is 10.00 Å². The molecule has 2 heterocycles. The molecule has 1 saturated heterocycles. The molecule has 1 N–H and O–H groups in total. The molecule has 0 spiro atoms. The number of rotatable bonds is 2. The molecule has 21 heavy (non-hydrogen) atoms. The lowest BCUT2D eigenvalue weighted by Gasteiger charge is -2.22. The molecule has 1 fully saturated rings. The Morgan fingerprint density at radius 2 is 2.33 bits per heavy atom. The molecular weight excluding hydrogens is 268 g/mol. The number of carbonyl (C=O) groups is 1. The Labute approximate surface area is 124 Å². The van der Waals surface area contributed by atoms with E-state index in [-0.39, 0.29) is 6.04 Å². The van der Waals surface area contributed by atoms with E-state index in [1.165, 1.54) is 0 Å². The van der Waals surface area contributed by atoms with Gasteiger partial charge in [0, 0.05) is 25.5 Å². The van der Waals surface area contributed by atoms with Gasteiger partial charge < -0.3 is 15.0 Å².